The number of rotatable bonds is 13. The zero-order chi connectivity index (χ0) is 45.1. The highest BCUT2D eigenvalue weighted by molar-refractivity contribution is 7.88. The number of ether oxygens (including phenoxy) is 1. The molecule has 9 rings (SSSR count). The summed E-state index contributed by atoms with van der Waals surface area (Å²) < 4.78 is 35.4. The number of anilines is 2. The number of piperidine rings is 3. The SMILES string of the molecule is CC1(C)C[C@@H](Nc2cccc(-c3ccc(C(=O)O)s3)c2)CCN1S(=O)(=O)Cc1cccc(NC(=O)C2C3CN(C(=O)COc4cccc5c4CN(C4CCC(=O)NC4=O)C5=O)C[C@H]32)c1. The van der Waals surface area contributed by atoms with Gasteiger partial charge in [0.05, 0.1) is 12.3 Å². The zero-order valence-corrected chi connectivity index (χ0v) is 36.9. The molecule has 4 aliphatic heterocycles. The van der Waals surface area contributed by atoms with Crippen molar-refractivity contribution in [3.63, 3.8) is 0 Å². The van der Waals surface area contributed by atoms with Crippen LogP contribution < -0.4 is 20.7 Å². The molecule has 3 saturated heterocycles. The van der Waals surface area contributed by atoms with Gasteiger partial charge in [-0.3, -0.25) is 29.3 Å². The number of carbonyl (C=O) groups excluding carboxylic acids is 5. The minimum Gasteiger partial charge on any atom is -0.483 e. The molecule has 5 atom stereocenters. The number of likely N-dealkylation sites (tertiary alicyclic amines) is 1. The number of amides is 5. The summed E-state index contributed by atoms with van der Waals surface area (Å²) in [7, 11) is -3.75. The number of hydrogen-bond acceptors (Lipinski definition) is 11. The predicted octanol–water partition coefficient (Wildman–Crippen LogP) is 4.78. The van der Waals surface area contributed by atoms with E-state index in [4.69, 9.17) is 4.74 Å². The molecule has 4 N–H and O–H groups in total. The Hall–Kier alpha value is -6.11. The van der Waals surface area contributed by atoms with Crippen LogP contribution in [0.2, 0.25) is 0 Å². The maximum Gasteiger partial charge on any atom is 0.345 e. The number of nitrogens with one attached hydrogen (secondary N) is 3. The Morgan fingerprint density at radius 3 is 2.42 bits per heavy atom. The van der Waals surface area contributed by atoms with Gasteiger partial charge in [0, 0.05) is 70.9 Å². The molecule has 1 saturated carbocycles. The van der Waals surface area contributed by atoms with Crippen molar-refractivity contribution in [1.29, 1.82) is 0 Å². The number of carboxylic acids is 1. The Bertz CT molecular complexity index is 2690. The van der Waals surface area contributed by atoms with Crippen LogP contribution in [-0.4, -0.2) is 107 Å². The largest absolute Gasteiger partial charge is 0.483 e. The lowest BCUT2D eigenvalue weighted by atomic mass is 9.89. The van der Waals surface area contributed by atoms with Crippen LogP contribution in [0.4, 0.5) is 11.4 Å². The predicted molar refractivity (Wildman–Crippen MR) is 237 cm³/mol. The van der Waals surface area contributed by atoms with Crippen molar-refractivity contribution in [2.75, 3.05) is 36.9 Å². The molecule has 0 radical (unpaired) electrons. The number of benzene rings is 3. The van der Waals surface area contributed by atoms with Crippen LogP contribution in [0.3, 0.4) is 0 Å². The number of aromatic carboxylic acids is 1. The molecular weight excluding hydrogens is 861 g/mol. The molecule has 16 nitrogen and oxygen atoms in total. The summed E-state index contributed by atoms with van der Waals surface area (Å²) in [6, 6.07) is 22.3. The van der Waals surface area contributed by atoms with Gasteiger partial charge in [-0.05, 0) is 105 Å². The molecular formula is C46H48N6O10S2. The quantitative estimate of drug-likeness (QED) is 0.134. The van der Waals surface area contributed by atoms with Gasteiger partial charge in [0.25, 0.3) is 11.8 Å². The number of carbonyl (C=O) groups is 6. The number of fused-ring (bicyclic) bond motifs is 2. The first-order chi connectivity index (χ1) is 30.5. The first-order valence-corrected chi connectivity index (χ1v) is 23.7. The lowest BCUT2D eigenvalue weighted by Crippen LogP contribution is -2.55. The lowest BCUT2D eigenvalue weighted by molar-refractivity contribution is -0.137. The van der Waals surface area contributed by atoms with Gasteiger partial charge in [0.1, 0.15) is 16.7 Å². The van der Waals surface area contributed by atoms with Crippen LogP contribution in [0.1, 0.15) is 70.7 Å². The van der Waals surface area contributed by atoms with Crippen LogP contribution in [0.5, 0.6) is 5.75 Å². The summed E-state index contributed by atoms with van der Waals surface area (Å²) in [4.78, 5) is 79.6. The minimum atomic E-state index is -3.75. The Labute approximate surface area is 374 Å². The molecule has 3 aromatic carbocycles. The van der Waals surface area contributed by atoms with E-state index in [9.17, 15) is 42.3 Å². The number of sulfonamides is 1. The van der Waals surface area contributed by atoms with Gasteiger partial charge in [0.2, 0.25) is 27.7 Å². The van der Waals surface area contributed by atoms with E-state index in [0.717, 1.165) is 16.1 Å². The highest BCUT2D eigenvalue weighted by atomic mass is 32.2. The highest BCUT2D eigenvalue weighted by Crippen LogP contribution is 2.52. The summed E-state index contributed by atoms with van der Waals surface area (Å²) in [5.41, 5.74) is 3.12. The van der Waals surface area contributed by atoms with Crippen LogP contribution in [0, 0.1) is 17.8 Å². The van der Waals surface area contributed by atoms with Crippen molar-refractivity contribution in [3.05, 3.63) is 100 Å². The average molecular weight is 909 g/mol. The van der Waals surface area contributed by atoms with Gasteiger partial charge < -0.3 is 30.3 Å². The van der Waals surface area contributed by atoms with Crippen LogP contribution in [-0.2, 0) is 41.5 Å². The van der Waals surface area contributed by atoms with Gasteiger partial charge in [-0.15, -0.1) is 11.3 Å². The molecule has 0 bridgehead atoms. The molecule has 5 heterocycles. The van der Waals surface area contributed by atoms with Gasteiger partial charge in [0.15, 0.2) is 6.61 Å². The molecule has 64 heavy (non-hydrogen) atoms. The Morgan fingerprint density at radius 1 is 0.938 bits per heavy atom. The maximum atomic E-state index is 13.9. The molecule has 5 amide bonds. The number of imide groups is 1. The standard InChI is InChI=1S/C46H48N6O10S2/c1-46(2)20-30(47-29-9-4-7-27(19-29)37-13-14-38(63-37)45(58)59)16-17-52(46)64(60,61)25-26-6-3-8-28(18-26)48-43(56)41-33-21-50(22-34(33)41)40(54)24-62-36-11-5-10-31-32(36)23-51(44(31)57)35-12-15-39(53)49-42(35)55/h3-11,13-14,18-19,30,33-35,41,47H,12,15-17,20-25H2,1-2H3,(H,48,56)(H,58,59)(H,49,53,55)/t30-,33+,34?,35?,41?/m0/s1. The number of hydrogen-bond donors (Lipinski definition) is 4. The normalized spacial score (nSPS) is 23.8. The van der Waals surface area contributed by atoms with Gasteiger partial charge >= 0.3 is 5.97 Å². The molecule has 334 valence electrons. The third kappa shape index (κ3) is 8.60. The van der Waals surface area contributed by atoms with Crippen LogP contribution in [0.15, 0.2) is 78.9 Å². The summed E-state index contributed by atoms with van der Waals surface area (Å²) >= 11 is 1.21. The molecule has 4 aromatic rings. The van der Waals surface area contributed by atoms with Crippen molar-refractivity contribution in [3.8, 4) is 16.2 Å². The number of thiophene rings is 1. The molecule has 1 aromatic heterocycles. The molecule has 3 unspecified atom stereocenters. The van der Waals surface area contributed by atoms with E-state index in [1.807, 2.05) is 38.1 Å². The average Bonchev–Trinajstić information content (AvgIpc) is 3.61. The minimum absolute atomic E-state index is 0.00945. The van der Waals surface area contributed by atoms with E-state index in [-0.39, 0.29) is 84.0 Å². The van der Waals surface area contributed by atoms with Crippen molar-refractivity contribution in [2.45, 2.75) is 69.5 Å². The first-order valence-electron chi connectivity index (χ1n) is 21.3. The van der Waals surface area contributed by atoms with Gasteiger partial charge in [-0.2, -0.15) is 4.31 Å². The Kier molecular flexibility index (Phi) is 11.3. The Balaban J connectivity index is 0.745. The Morgan fingerprint density at radius 2 is 1.69 bits per heavy atom. The summed E-state index contributed by atoms with van der Waals surface area (Å²) in [5, 5.41) is 18.2. The van der Waals surface area contributed by atoms with E-state index in [1.54, 1.807) is 63.8 Å². The van der Waals surface area contributed by atoms with E-state index in [2.05, 4.69) is 16.0 Å². The van der Waals surface area contributed by atoms with E-state index >= 15 is 0 Å². The maximum absolute atomic E-state index is 13.9. The second kappa shape index (κ2) is 16.8. The molecule has 1 aliphatic carbocycles. The number of nitrogens with zero attached hydrogens (tertiary/aromatic N) is 3. The summed E-state index contributed by atoms with van der Waals surface area (Å²) in [5.74, 6) is -2.73. The van der Waals surface area contributed by atoms with Crippen molar-refractivity contribution < 1.29 is 47.0 Å². The van der Waals surface area contributed by atoms with Crippen molar-refractivity contribution >= 4 is 68.2 Å². The third-order valence-electron chi connectivity index (χ3n) is 13.1. The summed E-state index contributed by atoms with van der Waals surface area (Å²) in [6.07, 6.45) is 1.54. The summed E-state index contributed by atoms with van der Waals surface area (Å²) in [6.45, 7) is 4.85. The van der Waals surface area contributed by atoms with Crippen LogP contribution in [0.25, 0.3) is 10.4 Å². The molecule has 4 fully saturated rings. The molecule has 18 heteroatoms. The zero-order valence-electron chi connectivity index (χ0n) is 35.2. The molecule has 5 aliphatic rings. The lowest BCUT2D eigenvalue weighted by Gasteiger charge is -2.45. The van der Waals surface area contributed by atoms with Gasteiger partial charge in [-0.1, -0.05) is 30.3 Å². The van der Waals surface area contributed by atoms with Gasteiger partial charge in [-0.25, -0.2) is 13.2 Å². The first kappa shape index (κ1) is 43.2. The third-order valence-corrected chi connectivity index (χ3v) is 16.2. The van der Waals surface area contributed by atoms with E-state index in [1.165, 1.54) is 16.2 Å². The topological polar surface area (TPSA) is 212 Å². The fourth-order valence-corrected chi connectivity index (χ4v) is 12.7. The second-order valence-electron chi connectivity index (χ2n) is 17.8. The fourth-order valence-electron chi connectivity index (χ4n) is 9.92. The fraction of sp³-hybridized carbons (Fsp3) is 0.391. The van der Waals surface area contributed by atoms with Crippen molar-refractivity contribution in [1.82, 2.24) is 19.4 Å². The monoisotopic (exact) mass is 908 g/mol. The molecule has 0 spiro atoms. The van der Waals surface area contributed by atoms with Crippen molar-refractivity contribution in [2.24, 2.45) is 17.8 Å². The van der Waals surface area contributed by atoms with E-state index in [0.29, 0.717) is 60.6 Å². The van der Waals surface area contributed by atoms with Crippen LogP contribution >= 0.6 is 11.3 Å². The second-order valence-corrected chi connectivity index (χ2v) is 20.8. The number of carboxylic acid groups (broad SMARTS) is 1. The smallest absolute Gasteiger partial charge is 0.345 e. The highest BCUT2D eigenvalue weighted by Gasteiger charge is 2.60. The van der Waals surface area contributed by atoms with E-state index < -0.39 is 33.5 Å².